The number of carbonyl (C=O) groups is 1. The van der Waals surface area contributed by atoms with E-state index in [0.29, 0.717) is 18.8 Å². The van der Waals surface area contributed by atoms with Crippen LogP contribution >= 0.6 is 0 Å². The second-order valence-corrected chi connectivity index (χ2v) is 9.84. The first-order valence-corrected chi connectivity index (χ1v) is 11.4. The third-order valence-corrected chi connectivity index (χ3v) is 6.34. The molecular formula is C27H34N4O. The average molecular weight is 431 g/mol. The Morgan fingerprint density at radius 1 is 0.906 bits per heavy atom. The third-order valence-electron chi connectivity index (χ3n) is 6.34. The fraction of sp³-hybridized carbons (Fsp3) is 0.407. The van der Waals surface area contributed by atoms with E-state index < -0.39 is 0 Å². The van der Waals surface area contributed by atoms with Gasteiger partial charge in [-0.1, -0.05) is 80.9 Å². The molecule has 32 heavy (non-hydrogen) atoms. The van der Waals surface area contributed by atoms with Gasteiger partial charge in [-0.3, -0.25) is 14.4 Å². The molecule has 5 heteroatoms. The molecule has 0 radical (unpaired) electrons. The Morgan fingerprint density at radius 3 is 2.06 bits per heavy atom. The van der Waals surface area contributed by atoms with E-state index in [1.54, 1.807) is 4.68 Å². The Morgan fingerprint density at radius 2 is 1.50 bits per heavy atom. The van der Waals surface area contributed by atoms with Crippen molar-refractivity contribution in [2.24, 2.45) is 7.05 Å². The maximum absolute atomic E-state index is 13.3. The van der Waals surface area contributed by atoms with Crippen LogP contribution in [-0.4, -0.2) is 51.7 Å². The summed E-state index contributed by atoms with van der Waals surface area (Å²) < 4.78 is 1.73. The molecule has 1 atom stereocenters. The first kappa shape index (κ1) is 22.3. The first-order valence-electron chi connectivity index (χ1n) is 11.4. The zero-order valence-corrected chi connectivity index (χ0v) is 19.9. The summed E-state index contributed by atoms with van der Waals surface area (Å²) in [5.41, 5.74) is 5.39. The summed E-state index contributed by atoms with van der Waals surface area (Å²) in [4.78, 5) is 17.7. The second kappa shape index (κ2) is 8.91. The van der Waals surface area contributed by atoms with Gasteiger partial charge in [-0.25, -0.2) is 0 Å². The number of hydrogen-bond donors (Lipinski definition) is 0. The highest BCUT2D eigenvalue weighted by molar-refractivity contribution is 5.92. The number of rotatable bonds is 4. The molecule has 0 spiro atoms. The van der Waals surface area contributed by atoms with Gasteiger partial charge in [-0.15, -0.1) is 0 Å². The largest absolute Gasteiger partial charge is 0.335 e. The minimum absolute atomic E-state index is 0.0711. The van der Waals surface area contributed by atoms with Gasteiger partial charge >= 0.3 is 0 Å². The number of nitrogens with zero attached hydrogens (tertiary/aromatic N) is 4. The van der Waals surface area contributed by atoms with Crippen LogP contribution in [0.1, 0.15) is 59.7 Å². The number of hydrogen-bond acceptors (Lipinski definition) is 3. The Hall–Kier alpha value is -2.92. The fourth-order valence-corrected chi connectivity index (χ4v) is 4.38. The van der Waals surface area contributed by atoms with E-state index in [1.165, 1.54) is 16.7 Å². The predicted molar refractivity (Wildman–Crippen MR) is 129 cm³/mol. The monoisotopic (exact) mass is 430 g/mol. The number of aryl methyl sites for hydroxylation is 2. The van der Waals surface area contributed by atoms with E-state index in [9.17, 15) is 4.79 Å². The number of amides is 1. The van der Waals surface area contributed by atoms with Crippen molar-refractivity contribution in [1.29, 1.82) is 0 Å². The molecule has 2 heterocycles. The topological polar surface area (TPSA) is 41.4 Å². The van der Waals surface area contributed by atoms with E-state index in [1.807, 2.05) is 18.0 Å². The maximum atomic E-state index is 13.3. The molecule has 0 bridgehead atoms. The van der Waals surface area contributed by atoms with Crippen LogP contribution in [0, 0.1) is 6.92 Å². The highest BCUT2D eigenvalue weighted by Gasteiger charge is 2.30. The van der Waals surface area contributed by atoms with E-state index in [4.69, 9.17) is 0 Å². The summed E-state index contributed by atoms with van der Waals surface area (Å²) in [5, 5.41) is 4.59. The highest BCUT2D eigenvalue weighted by Crippen LogP contribution is 2.30. The van der Waals surface area contributed by atoms with Crippen LogP contribution in [0.15, 0.2) is 60.7 Å². The van der Waals surface area contributed by atoms with Crippen LogP contribution in [0.3, 0.4) is 0 Å². The van der Waals surface area contributed by atoms with Crippen LogP contribution in [0.4, 0.5) is 0 Å². The smallest absolute Gasteiger partial charge is 0.272 e. The van der Waals surface area contributed by atoms with Gasteiger partial charge in [-0.2, -0.15) is 5.10 Å². The van der Waals surface area contributed by atoms with Crippen molar-refractivity contribution >= 4 is 5.91 Å². The Balaban J connectivity index is 1.52. The zero-order chi connectivity index (χ0) is 22.9. The molecule has 168 valence electrons. The van der Waals surface area contributed by atoms with E-state index in [-0.39, 0.29) is 17.4 Å². The van der Waals surface area contributed by atoms with Crippen molar-refractivity contribution in [2.45, 2.75) is 39.2 Å². The van der Waals surface area contributed by atoms with Gasteiger partial charge in [0, 0.05) is 38.6 Å². The van der Waals surface area contributed by atoms with Gasteiger partial charge in [0.25, 0.3) is 5.91 Å². The Bertz CT molecular complexity index is 1060. The standard InChI is InChI=1S/C27H34N4O/c1-20-11-13-22(14-12-20)25(21-9-7-6-8-10-21)30-15-17-31(18-16-30)26(32)23-19-24(27(2,3)4)28-29(23)5/h6-14,19,25H,15-18H2,1-5H3/t25-/m0/s1. The molecule has 1 amide bonds. The molecule has 1 saturated heterocycles. The summed E-state index contributed by atoms with van der Waals surface area (Å²) in [5.74, 6) is 0.0711. The normalized spacial score (nSPS) is 16.2. The predicted octanol–water partition coefficient (Wildman–Crippen LogP) is 4.57. The summed E-state index contributed by atoms with van der Waals surface area (Å²) in [7, 11) is 1.86. The summed E-state index contributed by atoms with van der Waals surface area (Å²) in [6, 6.07) is 21.6. The van der Waals surface area contributed by atoms with Crippen molar-refractivity contribution in [2.75, 3.05) is 26.2 Å². The van der Waals surface area contributed by atoms with Crippen molar-refractivity contribution < 1.29 is 4.79 Å². The molecule has 3 aromatic rings. The van der Waals surface area contributed by atoms with Gasteiger partial charge in [0.15, 0.2) is 0 Å². The van der Waals surface area contributed by atoms with Crippen LogP contribution in [0.25, 0.3) is 0 Å². The first-order chi connectivity index (χ1) is 15.2. The van der Waals surface area contributed by atoms with Crippen molar-refractivity contribution in [3.05, 3.63) is 88.7 Å². The summed E-state index contributed by atoms with van der Waals surface area (Å²) >= 11 is 0. The molecule has 4 rings (SSSR count). The molecule has 0 unspecified atom stereocenters. The second-order valence-electron chi connectivity index (χ2n) is 9.84. The molecule has 0 N–H and O–H groups in total. The lowest BCUT2D eigenvalue weighted by Gasteiger charge is -2.39. The molecule has 1 aliphatic heterocycles. The van der Waals surface area contributed by atoms with Crippen molar-refractivity contribution in [3.8, 4) is 0 Å². The van der Waals surface area contributed by atoms with Crippen LogP contribution in [0.5, 0.6) is 0 Å². The number of carbonyl (C=O) groups excluding carboxylic acids is 1. The minimum Gasteiger partial charge on any atom is -0.335 e. The number of benzene rings is 2. The van der Waals surface area contributed by atoms with Crippen LogP contribution in [-0.2, 0) is 12.5 Å². The minimum atomic E-state index is -0.0775. The molecule has 0 saturated carbocycles. The third kappa shape index (κ3) is 4.63. The van der Waals surface area contributed by atoms with Crippen LogP contribution in [0.2, 0.25) is 0 Å². The van der Waals surface area contributed by atoms with Crippen molar-refractivity contribution in [3.63, 3.8) is 0 Å². The highest BCUT2D eigenvalue weighted by atomic mass is 16.2. The molecular weight excluding hydrogens is 396 g/mol. The number of piperazine rings is 1. The van der Waals surface area contributed by atoms with E-state index in [0.717, 1.165) is 18.8 Å². The SMILES string of the molecule is Cc1ccc([C@H](c2ccccc2)N2CCN(C(=O)c3cc(C(C)(C)C)nn3C)CC2)cc1. The molecule has 1 fully saturated rings. The molecule has 2 aromatic carbocycles. The maximum Gasteiger partial charge on any atom is 0.272 e. The zero-order valence-electron chi connectivity index (χ0n) is 19.9. The fourth-order valence-electron chi connectivity index (χ4n) is 4.38. The number of aromatic nitrogens is 2. The summed E-state index contributed by atoms with van der Waals surface area (Å²) in [6.07, 6.45) is 0. The Labute approximate surface area is 191 Å². The van der Waals surface area contributed by atoms with E-state index in [2.05, 4.69) is 92.3 Å². The van der Waals surface area contributed by atoms with Gasteiger partial charge < -0.3 is 4.90 Å². The summed E-state index contributed by atoms with van der Waals surface area (Å²) in [6.45, 7) is 11.6. The lowest BCUT2D eigenvalue weighted by Crippen LogP contribution is -2.50. The molecule has 0 aliphatic carbocycles. The van der Waals surface area contributed by atoms with Crippen molar-refractivity contribution in [1.82, 2.24) is 19.6 Å². The lowest BCUT2D eigenvalue weighted by molar-refractivity contribution is 0.0587. The molecule has 5 nitrogen and oxygen atoms in total. The van der Waals surface area contributed by atoms with Gasteiger partial charge in [0.2, 0.25) is 0 Å². The Kier molecular flexibility index (Phi) is 6.20. The molecule has 1 aliphatic rings. The lowest BCUT2D eigenvalue weighted by atomic mass is 9.92. The molecule has 1 aromatic heterocycles. The quantitative estimate of drug-likeness (QED) is 0.609. The van der Waals surface area contributed by atoms with Gasteiger partial charge in [0.05, 0.1) is 11.7 Å². The van der Waals surface area contributed by atoms with E-state index >= 15 is 0 Å². The van der Waals surface area contributed by atoms with Gasteiger partial charge in [-0.05, 0) is 24.1 Å². The van der Waals surface area contributed by atoms with Crippen LogP contribution < -0.4 is 0 Å². The average Bonchev–Trinajstić information content (AvgIpc) is 3.18. The van der Waals surface area contributed by atoms with Gasteiger partial charge in [0.1, 0.15) is 5.69 Å².